The van der Waals surface area contributed by atoms with Crippen LogP contribution >= 0.6 is 0 Å². The van der Waals surface area contributed by atoms with Gasteiger partial charge in [0.05, 0.1) is 4.92 Å². The Morgan fingerprint density at radius 2 is 1.62 bits per heavy atom. The van der Waals surface area contributed by atoms with Crippen LogP contribution in [0, 0.1) is 10.1 Å². The van der Waals surface area contributed by atoms with Crippen molar-refractivity contribution in [3.63, 3.8) is 0 Å². The molecule has 0 heterocycles. The predicted octanol–water partition coefficient (Wildman–Crippen LogP) is 6.70. The van der Waals surface area contributed by atoms with Gasteiger partial charge in [-0.05, 0) is 63.1 Å². The number of hydrogen-bond acceptors (Lipinski definition) is 5. The Bertz CT molecular complexity index is 776. The molecular formula is C27H42N2O5. The molecule has 0 aromatic heterocycles. The molecule has 7 nitrogen and oxygen atoms in total. The van der Waals surface area contributed by atoms with Gasteiger partial charge >= 0.3 is 11.7 Å². The van der Waals surface area contributed by atoms with Gasteiger partial charge in [0, 0.05) is 6.07 Å². The number of aliphatic carboxylic acids is 1. The molecule has 0 saturated heterocycles. The number of carboxylic acids is 1. The quantitative estimate of drug-likeness (QED) is 0.0839. The third-order valence-electron chi connectivity index (χ3n) is 5.74. The van der Waals surface area contributed by atoms with Gasteiger partial charge in [-0.15, -0.1) is 0 Å². The molecular weight excluding hydrogens is 432 g/mol. The van der Waals surface area contributed by atoms with Crippen molar-refractivity contribution in [2.24, 2.45) is 0 Å². The monoisotopic (exact) mass is 474 g/mol. The number of phenolic OH excluding ortho intramolecular Hbond substituents is 1. The van der Waals surface area contributed by atoms with E-state index in [0.29, 0.717) is 12.1 Å². The van der Waals surface area contributed by atoms with E-state index < -0.39 is 28.4 Å². The summed E-state index contributed by atoms with van der Waals surface area (Å²) in [7, 11) is 0. The van der Waals surface area contributed by atoms with Crippen molar-refractivity contribution in [2.45, 2.75) is 96.4 Å². The molecule has 7 heteroatoms. The summed E-state index contributed by atoms with van der Waals surface area (Å²) in [4.78, 5) is 21.8. The highest BCUT2D eigenvalue weighted by Crippen LogP contribution is 2.26. The smallest absolute Gasteiger partial charge is 0.321 e. The van der Waals surface area contributed by atoms with Crippen molar-refractivity contribution < 1.29 is 19.9 Å². The number of nitrogens with zero attached hydrogens (tertiary/aromatic N) is 1. The minimum absolute atomic E-state index is 0.124. The molecule has 0 fully saturated rings. The molecule has 0 amide bonds. The van der Waals surface area contributed by atoms with Gasteiger partial charge in [0.25, 0.3) is 0 Å². The second-order valence-corrected chi connectivity index (χ2v) is 8.71. The van der Waals surface area contributed by atoms with Gasteiger partial charge in [0.1, 0.15) is 6.04 Å². The molecule has 0 aliphatic rings. The number of nitro groups is 1. The van der Waals surface area contributed by atoms with Gasteiger partial charge in [0.15, 0.2) is 5.75 Å². The van der Waals surface area contributed by atoms with Crippen LogP contribution in [0.25, 0.3) is 0 Å². The summed E-state index contributed by atoms with van der Waals surface area (Å²) in [6.07, 6.45) is 23.1. The second-order valence-electron chi connectivity index (χ2n) is 8.71. The zero-order chi connectivity index (χ0) is 25.0. The molecule has 1 aromatic carbocycles. The van der Waals surface area contributed by atoms with Gasteiger partial charge in [-0.1, -0.05) is 75.8 Å². The number of carboxylic acid groups (broad SMARTS) is 1. The molecule has 1 atom stereocenters. The number of nitro benzene ring substituents is 1. The molecule has 0 spiro atoms. The third kappa shape index (κ3) is 13.8. The van der Waals surface area contributed by atoms with Crippen LogP contribution in [0.2, 0.25) is 0 Å². The highest BCUT2D eigenvalue weighted by molar-refractivity contribution is 5.74. The van der Waals surface area contributed by atoms with Crippen molar-refractivity contribution in [1.82, 2.24) is 5.32 Å². The summed E-state index contributed by atoms with van der Waals surface area (Å²) in [6.45, 7) is 2.81. The molecule has 0 bridgehead atoms. The SMILES string of the molecule is CCCCC/C=C\C/C=C\CCCCCCCCN[C@@H](Cc1ccc(O)c([N+](=O)[O-])c1)C(=O)O. The number of rotatable bonds is 20. The summed E-state index contributed by atoms with van der Waals surface area (Å²) < 4.78 is 0. The lowest BCUT2D eigenvalue weighted by Crippen LogP contribution is -2.39. The molecule has 190 valence electrons. The lowest BCUT2D eigenvalue weighted by atomic mass is 10.0. The fourth-order valence-electron chi connectivity index (χ4n) is 3.71. The van der Waals surface area contributed by atoms with Crippen LogP contribution in [-0.4, -0.2) is 33.7 Å². The number of unbranched alkanes of at least 4 members (excludes halogenated alkanes) is 9. The van der Waals surface area contributed by atoms with Crippen molar-refractivity contribution in [3.8, 4) is 5.75 Å². The number of phenols is 1. The topological polar surface area (TPSA) is 113 Å². The largest absolute Gasteiger partial charge is 0.502 e. The Morgan fingerprint density at radius 3 is 2.24 bits per heavy atom. The van der Waals surface area contributed by atoms with Gasteiger partial charge in [0.2, 0.25) is 0 Å². The molecule has 34 heavy (non-hydrogen) atoms. The molecule has 3 N–H and O–H groups in total. The fraction of sp³-hybridized carbons (Fsp3) is 0.593. The van der Waals surface area contributed by atoms with Crippen LogP contribution in [0.4, 0.5) is 5.69 Å². The van der Waals surface area contributed by atoms with E-state index in [1.807, 2.05) is 0 Å². The summed E-state index contributed by atoms with van der Waals surface area (Å²) in [5.74, 6) is -1.41. The molecule has 0 aliphatic carbocycles. The van der Waals surface area contributed by atoms with Crippen LogP contribution in [0.15, 0.2) is 42.5 Å². The highest BCUT2D eigenvalue weighted by Gasteiger charge is 2.20. The summed E-state index contributed by atoms with van der Waals surface area (Å²) in [5.41, 5.74) is 0.0909. The molecule has 0 saturated carbocycles. The first-order chi connectivity index (χ1) is 16.5. The average molecular weight is 475 g/mol. The first-order valence-electron chi connectivity index (χ1n) is 12.7. The molecule has 1 rings (SSSR count). The van der Waals surface area contributed by atoms with Gasteiger partial charge in [-0.25, -0.2) is 0 Å². The Kier molecular flexibility index (Phi) is 16.2. The number of nitrogens with one attached hydrogen (secondary N) is 1. The fourth-order valence-corrected chi connectivity index (χ4v) is 3.71. The number of allylic oxidation sites excluding steroid dienone is 4. The number of benzene rings is 1. The van der Waals surface area contributed by atoms with Gasteiger partial charge in [-0.3, -0.25) is 14.9 Å². The lowest BCUT2D eigenvalue weighted by molar-refractivity contribution is -0.385. The molecule has 0 radical (unpaired) electrons. The molecule has 0 aliphatic heterocycles. The average Bonchev–Trinajstić information content (AvgIpc) is 2.81. The summed E-state index contributed by atoms with van der Waals surface area (Å²) in [5, 5.41) is 33.0. The standard InChI is InChI=1S/C27H42N2O5/c1-2-3-4-5-6-7-8-9-10-11-12-13-14-15-16-17-20-28-24(27(31)32)21-23-18-19-26(30)25(22-23)29(33)34/h6-7,9-10,18-19,22,24,28,30H,2-5,8,11-17,20-21H2,1H3,(H,31,32)/b7-6-,10-9-/t24-/m0/s1. The first-order valence-corrected chi connectivity index (χ1v) is 12.7. The normalized spacial score (nSPS) is 12.5. The number of aromatic hydroxyl groups is 1. The van der Waals surface area contributed by atoms with E-state index in [0.717, 1.165) is 32.1 Å². The highest BCUT2D eigenvalue weighted by atomic mass is 16.6. The maximum Gasteiger partial charge on any atom is 0.321 e. The first kappa shape index (κ1) is 29.4. The predicted molar refractivity (Wildman–Crippen MR) is 137 cm³/mol. The van der Waals surface area contributed by atoms with Crippen LogP contribution in [-0.2, 0) is 11.2 Å². The van der Waals surface area contributed by atoms with Crippen molar-refractivity contribution in [1.29, 1.82) is 0 Å². The van der Waals surface area contributed by atoms with Crippen LogP contribution in [0.1, 0.15) is 89.5 Å². The Labute approximate surface area is 204 Å². The van der Waals surface area contributed by atoms with E-state index in [1.165, 1.54) is 63.1 Å². The Balaban J connectivity index is 2.11. The van der Waals surface area contributed by atoms with Gasteiger partial charge < -0.3 is 15.5 Å². The zero-order valence-electron chi connectivity index (χ0n) is 20.6. The van der Waals surface area contributed by atoms with E-state index in [1.54, 1.807) is 0 Å². The van der Waals surface area contributed by atoms with E-state index in [9.17, 15) is 25.1 Å². The Morgan fingerprint density at radius 1 is 1.00 bits per heavy atom. The second kappa shape index (κ2) is 18.7. The molecule has 1 aromatic rings. The number of hydrogen-bond donors (Lipinski definition) is 3. The van der Waals surface area contributed by atoms with E-state index >= 15 is 0 Å². The summed E-state index contributed by atoms with van der Waals surface area (Å²) in [6, 6.07) is 3.16. The lowest BCUT2D eigenvalue weighted by Gasteiger charge is -2.14. The van der Waals surface area contributed by atoms with Crippen molar-refractivity contribution in [2.75, 3.05) is 6.54 Å². The Hall–Kier alpha value is -2.67. The van der Waals surface area contributed by atoms with E-state index in [-0.39, 0.29) is 6.42 Å². The summed E-state index contributed by atoms with van der Waals surface area (Å²) >= 11 is 0. The van der Waals surface area contributed by atoms with Crippen LogP contribution in [0.3, 0.4) is 0 Å². The maximum atomic E-state index is 11.5. The minimum Gasteiger partial charge on any atom is -0.502 e. The van der Waals surface area contributed by atoms with E-state index in [2.05, 4.69) is 36.5 Å². The van der Waals surface area contributed by atoms with Crippen molar-refractivity contribution >= 4 is 11.7 Å². The zero-order valence-corrected chi connectivity index (χ0v) is 20.6. The number of carbonyl (C=O) groups is 1. The third-order valence-corrected chi connectivity index (χ3v) is 5.74. The van der Waals surface area contributed by atoms with Crippen molar-refractivity contribution in [3.05, 3.63) is 58.2 Å². The maximum absolute atomic E-state index is 11.5. The molecule has 0 unspecified atom stereocenters. The van der Waals surface area contributed by atoms with Gasteiger partial charge in [-0.2, -0.15) is 0 Å². The van der Waals surface area contributed by atoms with Crippen LogP contribution < -0.4 is 5.32 Å². The minimum atomic E-state index is -0.990. The van der Waals surface area contributed by atoms with Crippen LogP contribution in [0.5, 0.6) is 5.75 Å². The van der Waals surface area contributed by atoms with E-state index in [4.69, 9.17) is 0 Å².